The number of halogens is 1. The van der Waals surface area contributed by atoms with Crippen LogP contribution in [-0.4, -0.2) is 64.9 Å². The molecule has 0 aliphatic carbocycles. The summed E-state index contributed by atoms with van der Waals surface area (Å²) in [6.07, 6.45) is 0.862. The first kappa shape index (κ1) is 32.0. The average Bonchev–Trinajstić information content (AvgIpc) is 3.47. The molecule has 0 saturated carbocycles. The number of imidazole rings is 1. The van der Waals surface area contributed by atoms with Crippen LogP contribution < -0.4 is 26.8 Å². The summed E-state index contributed by atoms with van der Waals surface area (Å²) < 4.78 is 21.7. The topological polar surface area (TPSA) is 158 Å². The fraction of sp³-hybridized carbons (Fsp3) is 0.222. The number of carbonyl (C=O) groups excluding carboxylic acids is 2. The number of aromatic nitrogens is 2. The fourth-order valence-corrected chi connectivity index (χ4v) is 5.99. The Balaban J connectivity index is 1.32. The molecule has 12 heteroatoms. The number of piperazine rings is 1. The maximum atomic E-state index is 13.8. The standard InChI is InChI=1S/C36H37FN8O3/c37-26-8-5-9-27(23-26)43-17-19-44(20-18-43)35(47)25-14-15-31-30(22-25)42-34(45(31)32(33(38)46)13-6-16-41-36(39)40)24-7-4-12-29(21-24)48-28-10-2-1-3-11-28/h1-5,7-12,14-15,21-23,32H,6,13,16-20H2,(H2,38,46)(H4,39,40,41)/t32-/m1/s1. The number of anilines is 1. The van der Waals surface area contributed by atoms with E-state index in [0.29, 0.717) is 85.0 Å². The normalized spacial score (nSPS) is 13.7. The second-order valence-corrected chi connectivity index (χ2v) is 11.6. The van der Waals surface area contributed by atoms with E-state index in [9.17, 15) is 14.0 Å². The Hall–Kier alpha value is -5.91. The number of aliphatic imine (C=N–C) groups is 1. The van der Waals surface area contributed by atoms with Gasteiger partial charge in [-0.25, -0.2) is 9.37 Å². The highest BCUT2D eigenvalue weighted by Crippen LogP contribution is 2.34. The molecular weight excluding hydrogens is 611 g/mol. The van der Waals surface area contributed by atoms with E-state index < -0.39 is 11.9 Å². The summed E-state index contributed by atoms with van der Waals surface area (Å²) in [5.41, 5.74) is 20.2. The first-order chi connectivity index (χ1) is 23.3. The van der Waals surface area contributed by atoms with E-state index in [0.717, 1.165) is 5.69 Å². The Labute approximate surface area is 277 Å². The number of nitrogens with two attached hydrogens (primary N) is 3. The number of guanidine groups is 1. The third kappa shape index (κ3) is 7.22. The summed E-state index contributed by atoms with van der Waals surface area (Å²) in [7, 11) is 0. The van der Waals surface area contributed by atoms with Crippen molar-refractivity contribution in [2.24, 2.45) is 22.2 Å². The number of para-hydroxylation sites is 1. The number of hydrogen-bond acceptors (Lipinski definition) is 6. The molecule has 6 rings (SSSR count). The van der Waals surface area contributed by atoms with Crippen LogP contribution in [0.4, 0.5) is 10.1 Å². The molecule has 4 aromatic carbocycles. The second-order valence-electron chi connectivity index (χ2n) is 11.6. The SMILES string of the molecule is NC(=O)[C@@H](CCCN=C(N)N)n1c(-c2cccc(Oc3ccccc3)c2)nc2cc(C(=O)N3CCN(c4cccc(F)c4)CC3)ccc21. The zero-order valence-corrected chi connectivity index (χ0v) is 26.3. The maximum absolute atomic E-state index is 13.8. The molecule has 6 N–H and O–H groups in total. The van der Waals surface area contributed by atoms with Crippen molar-refractivity contribution in [1.82, 2.24) is 14.5 Å². The molecule has 1 aromatic heterocycles. The van der Waals surface area contributed by atoms with Gasteiger partial charge in [0, 0.05) is 49.5 Å². The predicted octanol–water partition coefficient (Wildman–Crippen LogP) is 4.68. The fourth-order valence-electron chi connectivity index (χ4n) is 5.99. The smallest absolute Gasteiger partial charge is 0.254 e. The van der Waals surface area contributed by atoms with Crippen LogP contribution in [0.15, 0.2) is 102 Å². The number of rotatable bonds is 11. The number of amides is 2. The minimum absolute atomic E-state index is 0.0257. The lowest BCUT2D eigenvalue weighted by Crippen LogP contribution is -2.48. The van der Waals surface area contributed by atoms with Gasteiger partial charge in [0.1, 0.15) is 29.2 Å². The molecule has 1 saturated heterocycles. The first-order valence-corrected chi connectivity index (χ1v) is 15.8. The molecule has 0 bridgehead atoms. The summed E-state index contributed by atoms with van der Waals surface area (Å²) in [5, 5.41) is 0. The van der Waals surface area contributed by atoms with Crippen LogP contribution in [-0.2, 0) is 4.79 Å². The Bertz CT molecular complexity index is 1950. The van der Waals surface area contributed by atoms with Gasteiger partial charge in [-0.3, -0.25) is 14.6 Å². The van der Waals surface area contributed by atoms with E-state index in [-0.39, 0.29) is 17.7 Å². The lowest BCUT2D eigenvalue weighted by Gasteiger charge is -2.36. The summed E-state index contributed by atoms with van der Waals surface area (Å²) in [4.78, 5) is 39.5. The largest absolute Gasteiger partial charge is 0.457 e. The molecule has 1 atom stereocenters. The quantitative estimate of drug-likeness (QED) is 0.107. The van der Waals surface area contributed by atoms with Crippen LogP contribution in [0, 0.1) is 5.82 Å². The maximum Gasteiger partial charge on any atom is 0.254 e. The number of hydrogen-bond donors (Lipinski definition) is 3. The minimum atomic E-state index is -0.768. The van der Waals surface area contributed by atoms with Crippen molar-refractivity contribution in [2.75, 3.05) is 37.6 Å². The van der Waals surface area contributed by atoms with E-state index in [1.54, 1.807) is 29.2 Å². The van der Waals surface area contributed by atoms with Gasteiger partial charge in [-0.1, -0.05) is 36.4 Å². The van der Waals surface area contributed by atoms with Crippen molar-refractivity contribution < 1.29 is 18.7 Å². The Morgan fingerprint density at radius 3 is 2.33 bits per heavy atom. The Morgan fingerprint density at radius 1 is 0.854 bits per heavy atom. The zero-order chi connectivity index (χ0) is 33.6. The van der Waals surface area contributed by atoms with Gasteiger partial charge in [-0.05, 0) is 73.5 Å². The minimum Gasteiger partial charge on any atom is -0.457 e. The van der Waals surface area contributed by atoms with Gasteiger partial charge in [-0.2, -0.15) is 0 Å². The molecule has 1 fully saturated rings. The molecule has 2 heterocycles. The van der Waals surface area contributed by atoms with E-state index in [2.05, 4.69) is 9.89 Å². The van der Waals surface area contributed by atoms with Crippen molar-refractivity contribution in [3.8, 4) is 22.9 Å². The van der Waals surface area contributed by atoms with Crippen LogP contribution in [0.25, 0.3) is 22.4 Å². The average molecular weight is 649 g/mol. The third-order valence-electron chi connectivity index (χ3n) is 8.32. The molecular formula is C36H37FN8O3. The second kappa shape index (κ2) is 14.2. The van der Waals surface area contributed by atoms with Gasteiger partial charge in [0.2, 0.25) is 5.91 Å². The highest BCUT2D eigenvalue weighted by Gasteiger charge is 2.27. The third-order valence-corrected chi connectivity index (χ3v) is 8.32. The molecule has 2 amide bonds. The number of fused-ring (bicyclic) bond motifs is 1. The number of benzene rings is 4. The van der Waals surface area contributed by atoms with Crippen LogP contribution in [0.5, 0.6) is 11.5 Å². The molecule has 246 valence electrons. The highest BCUT2D eigenvalue weighted by molar-refractivity contribution is 5.98. The molecule has 0 unspecified atom stereocenters. The number of primary amides is 1. The first-order valence-electron chi connectivity index (χ1n) is 15.8. The number of carbonyl (C=O) groups is 2. The van der Waals surface area contributed by atoms with E-state index in [4.69, 9.17) is 26.9 Å². The van der Waals surface area contributed by atoms with Crippen molar-refractivity contribution >= 4 is 34.5 Å². The zero-order valence-electron chi connectivity index (χ0n) is 26.3. The molecule has 1 aliphatic rings. The summed E-state index contributed by atoms with van der Waals surface area (Å²) in [5.74, 6) is 0.791. The van der Waals surface area contributed by atoms with Crippen LogP contribution >= 0.6 is 0 Å². The number of ether oxygens (including phenoxy) is 1. The summed E-state index contributed by atoms with van der Waals surface area (Å²) >= 11 is 0. The van der Waals surface area contributed by atoms with Gasteiger partial charge in [0.05, 0.1) is 11.0 Å². The Morgan fingerprint density at radius 2 is 1.60 bits per heavy atom. The van der Waals surface area contributed by atoms with Crippen LogP contribution in [0.2, 0.25) is 0 Å². The van der Waals surface area contributed by atoms with Crippen molar-refractivity contribution in [3.63, 3.8) is 0 Å². The lowest BCUT2D eigenvalue weighted by atomic mass is 10.1. The van der Waals surface area contributed by atoms with E-state index >= 15 is 0 Å². The van der Waals surface area contributed by atoms with Gasteiger partial charge in [0.15, 0.2) is 5.96 Å². The van der Waals surface area contributed by atoms with E-state index in [1.165, 1.54) is 12.1 Å². The summed E-state index contributed by atoms with van der Waals surface area (Å²) in [6, 6.07) is 27.9. The summed E-state index contributed by atoms with van der Waals surface area (Å²) in [6.45, 7) is 2.47. The van der Waals surface area contributed by atoms with Gasteiger partial charge >= 0.3 is 0 Å². The molecule has 11 nitrogen and oxygen atoms in total. The van der Waals surface area contributed by atoms with Crippen LogP contribution in [0.1, 0.15) is 29.2 Å². The molecule has 0 radical (unpaired) electrons. The van der Waals surface area contributed by atoms with Gasteiger partial charge in [0.25, 0.3) is 5.91 Å². The van der Waals surface area contributed by atoms with Crippen molar-refractivity contribution in [3.05, 3.63) is 108 Å². The monoisotopic (exact) mass is 648 g/mol. The highest BCUT2D eigenvalue weighted by atomic mass is 19.1. The van der Waals surface area contributed by atoms with E-state index in [1.807, 2.05) is 65.2 Å². The van der Waals surface area contributed by atoms with Crippen molar-refractivity contribution in [2.45, 2.75) is 18.9 Å². The molecule has 1 aliphatic heterocycles. The predicted molar refractivity (Wildman–Crippen MR) is 184 cm³/mol. The van der Waals surface area contributed by atoms with Crippen LogP contribution in [0.3, 0.4) is 0 Å². The van der Waals surface area contributed by atoms with Gasteiger partial charge < -0.3 is 36.3 Å². The molecule has 5 aromatic rings. The molecule has 0 spiro atoms. The Kier molecular flexibility index (Phi) is 9.51. The lowest BCUT2D eigenvalue weighted by molar-refractivity contribution is -0.121. The van der Waals surface area contributed by atoms with Crippen molar-refractivity contribution in [1.29, 1.82) is 0 Å². The van der Waals surface area contributed by atoms with Gasteiger partial charge in [-0.15, -0.1) is 0 Å². The number of nitrogens with zero attached hydrogens (tertiary/aromatic N) is 5. The molecule has 48 heavy (non-hydrogen) atoms.